The number of anilines is 1. The van der Waals surface area contributed by atoms with E-state index < -0.39 is 24.5 Å². The van der Waals surface area contributed by atoms with E-state index >= 15 is 0 Å². The van der Waals surface area contributed by atoms with Crippen molar-refractivity contribution in [3.63, 3.8) is 0 Å². The summed E-state index contributed by atoms with van der Waals surface area (Å²) in [5.74, 6) is -2.11. The van der Waals surface area contributed by atoms with Crippen LogP contribution in [0, 0.1) is 23.7 Å². The quantitative estimate of drug-likeness (QED) is 0.441. The lowest BCUT2D eigenvalue weighted by atomic mass is 9.85. The van der Waals surface area contributed by atoms with Gasteiger partial charge >= 0.3 is 5.97 Å². The van der Waals surface area contributed by atoms with Crippen molar-refractivity contribution in [2.75, 3.05) is 19.0 Å². The predicted octanol–water partition coefficient (Wildman–Crippen LogP) is 1.37. The average molecular weight is 398 g/mol. The number of esters is 1. The van der Waals surface area contributed by atoms with Crippen LogP contribution in [0.3, 0.4) is 0 Å². The predicted molar refractivity (Wildman–Crippen MR) is 102 cm³/mol. The van der Waals surface area contributed by atoms with Crippen LogP contribution in [-0.4, -0.2) is 48.3 Å². The maximum Gasteiger partial charge on any atom is 0.329 e. The van der Waals surface area contributed by atoms with Gasteiger partial charge in [0.2, 0.25) is 11.8 Å². The molecule has 3 aliphatic rings. The van der Waals surface area contributed by atoms with Crippen molar-refractivity contribution in [2.45, 2.75) is 19.4 Å². The van der Waals surface area contributed by atoms with Crippen LogP contribution in [0.15, 0.2) is 36.4 Å². The molecule has 3 amide bonds. The first-order chi connectivity index (χ1) is 13.9. The molecule has 1 aromatic carbocycles. The van der Waals surface area contributed by atoms with E-state index in [-0.39, 0.29) is 35.5 Å². The number of likely N-dealkylation sites (tertiary alicyclic amines) is 1. The number of benzene rings is 1. The van der Waals surface area contributed by atoms with Crippen molar-refractivity contribution >= 4 is 29.4 Å². The number of carbonyl (C=O) groups excluding carboxylic acids is 4. The monoisotopic (exact) mass is 398 g/mol. The molecule has 2 aliphatic carbocycles. The Bertz CT molecular complexity index is 880. The maximum atomic E-state index is 12.8. The molecule has 8 nitrogen and oxygen atoms in total. The molecule has 1 N–H and O–H groups in total. The number of ether oxygens (including phenoxy) is 2. The third kappa shape index (κ3) is 3.18. The third-order valence-electron chi connectivity index (χ3n) is 5.96. The smallest absolute Gasteiger partial charge is 0.329 e. The number of imide groups is 1. The van der Waals surface area contributed by atoms with Crippen LogP contribution >= 0.6 is 0 Å². The zero-order valence-electron chi connectivity index (χ0n) is 16.2. The van der Waals surface area contributed by atoms with Gasteiger partial charge in [-0.2, -0.15) is 0 Å². The molecule has 1 saturated heterocycles. The Kier molecular flexibility index (Phi) is 4.86. The number of amides is 3. The van der Waals surface area contributed by atoms with Gasteiger partial charge in [-0.3, -0.25) is 19.3 Å². The molecule has 1 aliphatic heterocycles. The fraction of sp³-hybridized carbons (Fsp3) is 0.429. The fourth-order valence-corrected chi connectivity index (χ4v) is 4.60. The largest absolute Gasteiger partial charge is 0.495 e. The summed E-state index contributed by atoms with van der Waals surface area (Å²) in [4.78, 5) is 51.0. The second-order valence-corrected chi connectivity index (χ2v) is 7.58. The zero-order chi connectivity index (χ0) is 20.7. The van der Waals surface area contributed by atoms with Gasteiger partial charge in [-0.25, -0.2) is 4.79 Å². The first-order valence-electron chi connectivity index (χ1n) is 9.57. The lowest BCUT2D eigenvalue weighted by Crippen LogP contribution is -2.45. The van der Waals surface area contributed by atoms with E-state index in [9.17, 15) is 19.2 Å². The molecule has 2 fully saturated rings. The Labute approximate surface area is 167 Å². The SMILES string of the molecule is COc1ccccc1NC(=O)COC(=O)[C@H](C)N1C(=O)[C@@H]2[C@H](C1=O)[C@H]1C=C[C@H]2C1. The molecular weight excluding hydrogens is 376 g/mol. The van der Waals surface area contributed by atoms with Gasteiger partial charge in [0.05, 0.1) is 24.6 Å². The molecule has 5 atom stereocenters. The minimum absolute atomic E-state index is 0.0706. The number of hydrogen-bond acceptors (Lipinski definition) is 6. The van der Waals surface area contributed by atoms with E-state index in [4.69, 9.17) is 9.47 Å². The average Bonchev–Trinajstić information content (AvgIpc) is 3.40. The van der Waals surface area contributed by atoms with Crippen LogP contribution in [0.4, 0.5) is 5.69 Å². The summed E-state index contributed by atoms with van der Waals surface area (Å²) in [5.41, 5.74) is 0.449. The highest BCUT2D eigenvalue weighted by molar-refractivity contribution is 6.09. The number of nitrogens with zero attached hydrogens (tertiary/aromatic N) is 1. The molecule has 1 saturated carbocycles. The summed E-state index contributed by atoms with van der Waals surface area (Å²) in [6, 6.07) is 5.77. The highest BCUT2D eigenvalue weighted by Crippen LogP contribution is 2.52. The van der Waals surface area contributed by atoms with E-state index in [2.05, 4.69) is 5.32 Å². The van der Waals surface area contributed by atoms with Gasteiger partial charge in [0.25, 0.3) is 5.91 Å². The van der Waals surface area contributed by atoms with Crippen molar-refractivity contribution < 1.29 is 28.7 Å². The molecule has 2 bridgehead atoms. The molecule has 8 heteroatoms. The number of para-hydroxylation sites is 2. The molecule has 4 rings (SSSR count). The molecule has 29 heavy (non-hydrogen) atoms. The first kappa shape index (κ1) is 19.2. The molecule has 1 heterocycles. The van der Waals surface area contributed by atoms with E-state index in [1.807, 2.05) is 12.2 Å². The van der Waals surface area contributed by atoms with Gasteiger partial charge in [0, 0.05) is 0 Å². The van der Waals surface area contributed by atoms with E-state index in [1.165, 1.54) is 14.0 Å². The lowest BCUT2D eigenvalue weighted by Gasteiger charge is -2.23. The van der Waals surface area contributed by atoms with Gasteiger partial charge < -0.3 is 14.8 Å². The Morgan fingerprint density at radius 3 is 2.38 bits per heavy atom. The second kappa shape index (κ2) is 7.35. The lowest BCUT2D eigenvalue weighted by molar-refractivity contribution is -0.159. The first-order valence-corrected chi connectivity index (χ1v) is 9.57. The van der Waals surface area contributed by atoms with Crippen molar-refractivity contribution in [1.29, 1.82) is 0 Å². The van der Waals surface area contributed by atoms with E-state index in [1.54, 1.807) is 24.3 Å². The van der Waals surface area contributed by atoms with Crippen LogP contribution in [0.25, 0.3) is 0 Å². The summed E-state index contributed by atoms with van der Waals surface area (Å²) in [7, 11) is 1.48. The van der Waals surface area contributed by atoms with Crippen LogP contribution < -0.4 is 10.1 Å². The number of hydrogen-bond donors (Lipinski definition) is 1. The molecule has 0 spiro atoms. The minimum atomic E-state index is -1.07. The molecular formula is C21H22N2O6. The van der Waals surface area contributed by atoms with Gasteiger partial charge in [0.1, 0.15) is 11.8 Å². The van der Waals surface area contributed by atoms with Crippen LogP contribution in [0.5, 0.6) is 5.75 Å². The van der Waals surface area contributed by atoms with Crippen molar-refractivity contribution in [2.24, 2.45) is 23.7 Å². The fourth-order valence-electron chi connectivity index (χ4n) is 4.60. The van der Waals surface area contributed by atoms with Gasteiger partial charge in [-0.15, -0.1) is 0 Å². The number of fused-ring (bicyclic) bond motifs is 5. The zero-order valence-corrected chi connectivity index (χ0v) is 16.2. The summed E-state index contributed by atoms with van der Waals surface area (Å²) >= 11 is 0. The molecule has 1 aromatic rings. The van der Waals surface area contributed by atoms with Crippen molar-refractivity contribution in [3.05, 3.63) is 36.4 Å². The van der Waals surface area contributed by atoms with Gasteiger partial charge in [-0.1, -0.05) is 24.3 Å². The number of rotatable bonds is 6. The molecule has 0 radical (unpaired) electrons. The van der Waals surface area contributed by atoms with Crippen LogP contribution in [-0.2, 0) is 23.9 Å². The van der Waals surface area contributed by atoms with Gasteiger partial charge in [0.15, 0.2) is 6.61 Å². The molecule has 0 unspecified atom stereocenters. The number of allylic oxidation sites excluding steroid dienone is 2. The Morgan fingerprint density at radius 2 is 1.76 bits per heavy atom. The Morgan fingerprint density at radius 1 is 1.14 bits per heavy atom. The van der Waals surface area contributed by atoms with Crippen molar-refractivity contribution in [1.82, 2.24) is 4.90 Å². The number of carbonyl (C=O) groups is 4. The highest BCUT2D eigenvalue weighted by Gasteiger charge is 2.60. The summed E-state index contributed by atoms with van der Waals surface area (Å²) < 4.78 is 10.2. The van der Waals surface area contributed by atoms with Crippen LogP contribution in [0.1, 0.15) is 13.3 Å². The molecule has 152 valence electrons. The minimum Gasteiger partial charge on any atom is -0.495 e. The van der Waals surface area contributed by atoms with Gasteiger partial charge in [-0.05, 0) is 37.3 Å². The maximum absolute atomic E-state index is 12.8. The highest BCUT2D eigenvalue weighted by atomic mass is 16.5. The molecule has 0 aromatic heterocycles. The second-order valence-electron chi connectivity index (χ2n) is 7.58. The van der Waals surface area contributed by atoms with Crippen molar-refractivity contribution in [3.8, 4) is 5.75 Å². The van der Waals surface area contributed by atoms with E-state index in [0.29, 0.717) is 11.4 Å². The summed E-state index contributed by atoms with van der Waals surface area (Å²) in [6.07, 6.45) is 4.81. The number of nitrogens with one attached hydrogen (secondary N) is 1. The standard InChI is InChI=1S/C21H22N2O6/c1-11(23-19(25)17-12-7-8-13(9-12)18(17)20(23)26)21(27)29-10-16(24)22-14-5-3-4-6-15(14)28-2/h3-8,11-13,17-18H,9-10H2,1-2H3,(H,22,24)/t11-,12-,13-,17-,18+/m0/s1. The third-order valence-corrected chi connectivity index (χ3v) is 5.96. The Balaban J connectivity index is 1.35. The number of methoxy groups -OCH3 is 1. The Hall–Kier alpha value is -3.16. The van der Waals surface area contributed by atoms with Crippen LogP contribution in [0.2, 0.25) is 0 Å². The van der Waals surface area contributed by atoms with E-state index in [0.717, 1.165) is 11.3 Å². The summed E-state index contributed by atoms with van der Waals surface area (Å²) in [6.45, 7) is 0.920. The summed E-state index contributed by atoms with van der Waals surface area (Å²) in [5, 5.41) is 2.60. The normalized spacial score (nSPS) is 27.7. The topological polar surface area (TPSA) is 102 Å².